The zero-order valence-electron chi connectivity index (χ0n) is 11.2. The number of aryl methyl sites for hydroxylation is 1. The molecular formula is C15H13BrCl2N2O. The van der Waals surface area contributed by atoms with Gasteiger partial charge in [0.15, 0.2) is 0 Å². The molecule has 0 fully saturated rings. The van der Waals surface area contributed by atoms with Crippen LogP contribution in [0.15, 0.2) is 40.9 Å². The van der Waals surface area contributed by atoms with Crippen LogP contribution in [0.5, 0.6) is 0 Å². The van der Waals surface area contributed by atoms with Crippen LogP contribution in [0.4, 0.5) is 11.4 Å². The van der Waals surface area contributed by atoms with Crippen molar-refractivity contribution in [3.63, 3.8) is 0 Å². The molecule has 0 spiro atoms. The number of nitrogens with one attached hydrogen (secondary N) is 2. The first-order chi connectivity index (χ1) is 9.97. The van der Waals surface area contributed by atoms with Gasteiger partial charge in [0.05, 0.1) is 22.3 Å². The van der Waals surface area contributed by atoms with E-state index in [0.29, 0.717) is 15.7 Å². The van der Waals surface area contributed by atoms with Gasteiger partial charge in [-0.1, -0.05) is 57.3 Å². The van der Waals surface area contributed by atoms with Gasteiger partial charge in [0.1, 0.15) is 0 Å². The number of hydrogen-bond acceptors (Lipinski definition) is 2. The fraction of sp³-hybridized carbons (Fsp3) is 0.133. The summed E-state index contributed by atoms with van der Waals surface area (Å²) in [6.45, 7) is 2.01. The molecule has 0 heterocycles. The molecule has 0 aliphatic rings. The number of rotatable bonds is 4. The molecule has 21 heavy (non-hydrogen) atoms. The molecule has 0 unspecified atom stereocenters. The highest BCUT2D eigenvalue weighted by Crippen LogP contribution is 2.33. The Morgan fingerprint density at radius 3 is 2.43 bits per heavy atom. The summed E-state index contributed by atoms with van der Waals surface area (Å²) in [4.78, 5) is 12.0. The molecule has 0 saturated carbocycles. The van der Waals surface area contributed by atoms with Gasteiger partial charge in [-0.05, 0) is 30.7 Å². The van der Waals surface area contributed by atoms with Crippen LogP contribution in [0.2, 0.25) is 10.0 Å². The van der Waals surface area contributed by atoms with Gasteiger partial charge < -0.3 is 10.6 Å². The highest BCUT2D eigenvalue weighted by molar-refractivity contribution is 9.10. The molecule has 0 atom stereocenters. The Balaban J connectivity index is 2.01. The number of carbonyl (C=O) groups excluding carboxylic acids is 1. The fourth-order valence-corrected chi connectivity index (χ4v) is 3.13. The Bertz CT molecular complexity index is 653. The molecule has 0 aliphatic heterocycles. The SMILES string of the molecule is Cc1ccccc1NC(=O)CNc1c(Cl)cc(Br)cc1Cl. The lowest BCUT2D eigenvalue weighted by molar-refractivity contribution is -0.114. The van der Waals surface area contributed by atoms with Crippen molar-refractivity contribution in [1.82, 2.24) is 0 Å². The van der Waals surface area contributed by atoms with Gasteiger partial charge in [-0.15, -0.1) is 0 Å². The van der Waals surface area contributed by atoms with Crippen molar-refractivity contribution in [2.45, 2.75) is 6.92 Å². The Morgan fingerprint density at radius 1 is 1.19 bits per heavy atom. The minimum absolute atomic E-state index is 0.0788. The molecule has 6 heteroatoms. The summed E-state index contributed by atoms with van der Waals surface area (Å²) in [5.74, 6) is -0.167. The summed E-state index contributed by atoms with van der Waals surface area (Å²) in [5, 5.41) is 6.70. The summed E-state index contributed by atoms with van der Waals surface area (Å²) < 4.78 is 0.785. The second-order valence-corrected chi connectivity index (χ2v) is 6.19. The van der Waals surface area contributed by atoms with E-state index in [1.807, 2.05) is 31.2 Å². The quantitative estimate of drug-likeness (QED) is 0.764. The van der Waals surface area contributed by atoms with Crippen molar-refractivity contribution >= 4 is 56.4 Å². The maximum atomic E-state index is 12.0. The van der Waals surface area contributed by atoms with Crippen LogP contribution in [0, 0.1) is 6.92 Å². The molecule has 2 aromatic carbocycles. The number of hydrogen-bond donors (Lipinski definition) is 2. The van der Waals surface area contributed by atoms with E-state index >= 15 is 0 Å². The Labute approximate surface area is 141 Å². The van der Waals surface area contributed by atoms with E-state index in [1.54, 1.807) is 12.1 Å². The van der Waals surface area contributed by atoms with E-state index in [9.17, 15) is 4.79 Å². The minimum Gasteiger partial charge on any atom is -0.374 e. The molecule has 2 aromatic rings. The van der Waals surface area contributed by atoms with Gasteiger partial charge in [0.2, 0.25) is 5.91 Å². The van der Waals surface area contributed by atoms with E-state index in [4.69, 9.17) is 23.2 Å². The predicted octanol–water partition coefficient (Wildman–Crippen LogP) is 5.11. The molecule has 3 nitrogen and oxygen atoms in total. The third kappa shape index (κ3) is 4.37. The van der Waals surface area contributed by atoms with Crippen molar-refractivity contribution in [3.8, 4) is 0 Å². The first kappa shape index (κ1) is 16.1. The Morgan fingerprint density at radius 2 is 1.81 bits per heavy atom. The van der Waals surface area contributed by atoms with Crippen LogP contribution < -0.4 is 10.6 Å². The number of benzene rings is 2. The van der Waals surface area contributed by atoms with Crippen LogP contribution in [0.3, 0.4) is 0 Å². The van der Waals surface area contributed by atoms with Crippen molar-refractivity contribution < 1.29 is 4.79 Å². The molecule has 110 valence electrons. The van der Waals surface area contributed by atoms with Crippen LogP contribution in [-0.2, 0) is 4.79 Å². The van der Waals surface area contributed by atoms with Crippen LogP contribution in [0.1, 0.15) is 5.56 Å². The standard InChI is InChI=1S/C15H13BrCl2N2O/c1-9-4-2-3-5-13(9)20-14(21)8-19-15-11(17)6-10(16)7-12(15)18/h2-7,19H,8H2,1H3,(H,20,21). The highest BCUT2D eigenvalue weighted by Gasteiger charge is 2.10. The van der Waals surface area contributed by atoms with E-state index < -0.39 is 0 Å². The lowest BCUT2D eigenvalue weighted by atomic mass is 10.2. The number of para-hydroxylation sites is 1. The third-order valence-electron chi connectivity index (χ3n) is 2.85. The molecular weight excluding hydrogens is 375 g/mol. The number of halogens is 3. The fourth-order valence-electron chi connectivity index (χ4n) is 1.79. The van der Waals surface area contributed by atoms with Gasteiger partial charge in [-0.3, -0.25) is 4.79 Å². The maximum Gasteiger partial charge on any atom is 0.243 e. The maximum absolute atomic E-state index is 12.0. The molecule has 0 aromatic heterocycles. The van der Waals surface area contributed by atoms with Crippen molar-refractivity contribution in [1.29, 1.82) is 0 Å². The minimum atomic E-state index is -0.167. The molecule has 0 radical (unpaired) electrons. The van der Waals surface area contributed by atoms with Gasteiger partial charge in [0, 0.05) is 10.2 Å². The number of anilines is 2. The van der Waals surface area contributed by atoms with Crippen molar-refractivity contribution in [2.75, 3.05) is 17.2 Å². The largest absolute Gasteiger partial charge is 0.374 e. The molecule has 0 saturated heterocycles. The van der Waals surface area contributed by atoms with E-state index in [2.05, 4.69) is 26.6 Å². The van der Waals surface area contributed by atoms with Gasteiger partial charge in [0.25, 0.3) is 0 Å². The summed E-state index contributed by atoms with van der Waals surface area (Å²) in [7, 11) is 0. The molecule has 0 bridgehead atoms. The Hall–Kier alpha value is -1.23. The second kappa shape index (κ2) is 7.16. The van der Waals surface area contributed by atoms with Crippen LogP contribution in [-0.4, -0.2) is 12.5 Å². The average Bonchev–Trinajstić information content (AvgIpc) is 2.40. The van der Waals surface area contributed by atoms with Crippen molar-refractivity contribution in [2.24, 2.45) is 0 Å². The number of amides is 1. The molecule has 0 aliphatic carbocycles. The molecule has 2 rings (SSSR count). The van der Waals surface area contributed by atoms with E-state index in [0.717, 1.165) is 15.7 Å². The van der Waals surface area contributed by atoms with Gasteiger partial charge in [-0.2, -0.15) is 0 Å². The lowest BCUT2D eigenvalue weighted by Crippen LogP contribution is -2.22. The van der Waals surface area contributed by atoms with Crippen LogP contribution >= 0.6 is 39.1 Å². The first-order valence-corrected chi connectivity index (χ1v) is 7.76. The first-order valence-electron chi connectivity index (χ1n) is 6.21. The van der Waals surface area contributed by atoms with Gasteiger partial charge >= 0.3 is 0 Å². The summed E-state index contributed by atoms with van der Waals surface area (Å²) in [6.07, 6.45) is 0. The second-order valence-electron chi connectivity index (χ2n) is 4.46. The zero-order chi connectivity index (χ0) is 15.4. The summed E-state index contributed by atoms with van der Waals surface area (Å²) in [5.41, 5.74) is 2.34. The van der Waals surface area contributed by atoms with Gasteiger partial charge in [-0.25, -0.2) is 0 Å². The number of carbonyl (C=O) groups is 1. The smallest absolute Gasteiger partial charge is 0.243 e. The predicted molar refractivity (Wildman–Crippen MR) is 92.5 cm³/mol. The normalized spacial score (nSPS) is 10.3. The van der Waals surface area contributed by atoms with Crippen molar-refractivity contribution in [3.05, 3.63) is 56.5 Å². The average molecular weight is 388 g/mol. The van der Waals surface area contributed by atoms with E-state index in [1.165, 1.54) is 0 Å². The monoisotopic (exact) mass is 386 g/mol. The third-order valence-corrected chi connectivity index (χ3v) is 3.91. The molecule has 1 amide bonds. The topological polar surface area (TPSA) is 41.1 Å². The summed E-state index contributed by atoms with van der Waals surface area (Å²) >= 11 is 15.5. The van der Waals surface area contributed by atoms with Crippen LogP contribution in [0.25, 0.3) is 0 Å². The molecule has 2 N–H and O–H groups in total. The van der Waals surface area contributed by atoms with E-state index in [-0.39, 0.29) is 12.5 Å². The highest BCUT2D eigenvalue weighted by atomic mass is 79.9. The lowest BCUT2D eigenvalue weighted by Gasteiger charge is -2.12. The Kier molecular flexibility index (Phi) is 5.51. The zero-order valence-corrected chi connectivity index (χ0v) is 14.3. The summed E-state index contributed by atoms with van der Waals surface area (Å²) in [6, 6.07) is 11.0.